The molecule has 0 aromatic heterocycles. The van der Waals surface area contributed by atoms with Crippen LogP contribution in [-0.2, 0) is 26.2 Å². The van der Waals surface area contributed by atoms with Crippen LogP contribution < -0.4 is 14.4 Å². The number of amides is 2. The predicted molar refractivity (Wildman–Crippen MR) is 134 cm³/mol. The van der Waals surface area contributed by atoms with Gasteiger partial charge in [0.1, 0.15) is 18.3 Å². The van der Waals surface area contributed by atoms with Gasteiger partial charge in [-0.15, -0.1) is 0 Å². The number of anilines is 1. The summed E-state index contributed by atoms with van der Waals surface area (Å²) in [6.07, 6.45) is 1.05. The lowest BCUT2D eigenvalue weighted by atomic mass is 10.1. The van der Waals surface area contributed by atoms with Crippen LogP contribution in [0.2, 0.25) is 0 Å². The molecule has 8 nitrogen and oxygen atoms in total. The summed E-state index contributed by atoms with van der Waals surface area (Å²) < 4.78 is 31.4. The van der Waals surface area contributed by atoms with Crippen molar-refractivity contribution in [2.45, 2.75) is 52.7 Å². The van der Waals surface area contributed by atoms with Crippen molar-refractivity contribution in [3.63, 3.8) is 0 Å². The van der Waals surface area contributed by atoms with E-state index in [0.29, 0.717) is 11.4 Å². The monoisotopic (exact) mass is 489 g/mol. The summed E-state index contributed by atoms with van der Waals surface area (Å²) in [4.78, 5) is 27.9. The first-order valence-corrected chi connectivity index (χ1v) is 12.9. The first-order valence-electron chi connectivity index (χ1n) is 11.0. The first kappa shape index (κ1) is 27.2. The van der Waals surface area contributed by atoms with Crippen molar-refractivity contribution < 1.29 is 22.7 Å². The molecule has 0 bridgehead atoms. The molecule has 0 aliphatic carbocycles. The molecule has 2 rings (SSSR count). The van der Waals surface area contributed by atoms with E-state index in [1.165, 1.54) is 12.0 Å². The van der Waals surface area contributed by atoms with Gasteiger partial charge >= 0.3 is 0 Å². The van der Waals surface area contributed by atoms with Gasteiger partial charge in [0, 0.05) is 12.1 Å². The average Bonchev–Trinajstić information content (AvgIpc) is 2.74. The Balaban J connectivity index is 2.41. The summed E-state index contributed by atoms with van der Waals surface area (Å²) in [5, 5.41) is 2.90. The third-order valence-electron chi connectivity index (χ3n) is 5.31. The summed E-state index contributed by atoms with van der Waals surface area (Å²) in [7, 11) is -2.26. The van der Waals surface area contributed by atoms with Crippen LogP contribution in [0.3, 0.4) is 0 Å². The lowest BCUT2D eigenvalue weighted by Gasteiger charge is -2.33. The number of sulfonamides is 1. The zero-order valence-corrected chi connectivity index (χ0v) is 21.8. The number of aryl methyl sites for hydroxylation is 1. The minimum absolute atomic E-state index is 0.171. The van der Waals surface area contributed by atoms with E-state index < -0.39 is 34.1 Å². The maximum Gasteiger partial charge on any atom is 0.244 e. The number of nitrogens with one attached hydrogen (secondary N) is 1. The van der Waals surface area contributed by atoms with E-state index >= 15 is 0 Å². The highest BCUT2D eigenvalue weighted by molar-refractivity contribution is 7.92. The van der Waals surface area contributed by atoms with Crippen LogP contribution in [0.1, 0.15) is 38.8 Å². The Morgan fingerprint density at radius 1 is 1.06 bits per heavy atom. The highest BCUT2D eigenvalue weighted by atomic mass is 32.2. The molecule has 0 saturated carbocycles. The molecule has 0 fully saturated rings. The molecular weight excluding hydrogens is 454 g/mol. The molecule has 1 N–H and O–H groups in total. The second-order valence-electron chi connectivity index (χ2n) is 9.33. The van der Waals surface area contributed by atoms with Gasteiger partial charge in [0.15, 0.2) is 0 Å². The van der Waals surface area contributed by atoms with Gasteiger partial charge in [-0.3, -0.25) is 13.9 Å². The number of ether oxygens (including phenoxy) is 1. The normalized spacial score (nSPS) is 12.6. The Hall–Kier alpha value is -3.07. The summed E-state index contributed by atoms with van der Waals surface area (Å²) >= 11 is 0. The van der Waals surface area contributed by atoms with Gasteiger partial charge in [-0.1, -0.05) is 24.3 Å². The smallest absolute Gasteiger partial charge is 0.244 e. The summed E-state index contributed by atoms with van der Waals surface area (Å²) in [5.74, 6) is -0.233. The van der Waals surface area contributed by atoms with Crippen LogP contribution in [-0.4, -0.2) is 56.6 Å². The Labute approximate surface area is 202 Å². The quantitative estimate of drug-likeness (QED) is 0.584. The van der Waals surface area contributed by atoms with Crippen molar-refractivity contribution >= 4 is 27.5 Å². The van der Waals surface area contributed by atoms with Gasteiger partial charge in [-0.05, 0) is 70.0 Å². The van der Waals surface area contributed by atoms with E-state index in [1.807, 2.05) is 52.0 Å². The summed E-state index contributed by atoms with van der Waals surface area (Å²) in [6, 6.07) is 13.2. The largest absolute Gasteiger partial charge is 0.497 e. The van der Waals surface area contributed by atoms with Gasteiger partial charge in [-0.25, -0.2) is 8.42 Å². The van der Waals surface area contributed by atoms with Gasteiger partial charge < -0.3 is 15.0 Å². The molecule has 0 aliphatic rings. The minimum atomic E-state index is -3.78. The van der Waals surface area contributed by atoms with Crippen molar-refractivity contribution in [3.8, 4) is 5.75 Å². The molecular formula is C25H35N3O5S. The van der Waals surface area contributed by atoms with Crippen LogP contribution >= 0.6 is 0 Å². The number of carbonyl (C=O) groups excluding carboxylic acids is 2. The van der Waals surface area contributed by atoms with Crippen LogP contribution in [0.4, 0.5) is 5.69 Å². The number of hydrogen-bond donors (Lipinski definition) is 1. The fraction of sp³-hybridized carbons (Fsp3) is 0.440. The highest BCUT2D eigenvalue weighted by Gasteiger charge is 2.31. The van der Waals surface area contributed by atoms with E-state index in [9.17, 15) is 18.0 Å². The van der Waals surface area contributed by atoms with Crippen molar-refractivity contribution in [2.75, 3.05) is 24.2 Å². The average molecular weight is 490 g/mol. The number of nitrogens with zero attached hydrogens (tertiary/aromatic N) is 2. The molecule has 0 aliphatic heterocycles. The summed E-state index contributed by atoms with van der Waals surface area (Å²) in [6.45, 7) is 8.89. The molecule has 1 unspecified atom stereocenters. The molecule has 2 amide bonds. The third-order valence-corrected chi connectivity index (χ3v) is 6.45. The zero-order valence-electron chi connectivity index (χ0n) is 21.0. The lowest BCUT2D eigenvalue weighted by Crippen LogP contribution is -2.54. The van der Waals surface area contributed by atoms with E-state index in [1.54, 1.807) is 31.2 Å². The number of methoxy groups -OCH3 is 1. The molecule has 2 aromatic carbocycles. The second kappa shape index (κ2) is 10.9. The fourth-order valence-electron chi connectivity index (χ4n) is 3.39. The Bertz CT molecular complexity index is 1110. The molecule has 2 aromatic rings. The molecule has 186 valence electrons. The molecule has 0 spiro atoms. The van der Waals surface area contributed by atoms with E-state index in [0.717, 1.165) is 21.7 Å². The zero-order chi connectivity index (χ0) is 25.7. The highest BCUT2D eigenvalue weighted by Crippen LogP contribution is 2.22. The number of carbonyl (C=O) groups is 2. The predicted octanol–water partition coefficient (Wildman–Crippen LogP) is 3.10. The number of hydrogen-bond acceptors (Lipinski definition) is 5. The standard InChI is InChI=1S/C25H35N3O5S/c1-18-10-8-9-11-20(18)16-27(19(2)24(30)26-25(3,4)5)23(29)17-28(34(7,31)32)21-12-14-22(33-6)15-13-21/h8-15,19H,16-17H2,1-7H3,(H,26,30). The number of rotatable bonds is 9. The number of benzene rings is 2. The van der Waals surface area contributed by atoms with Crippen molar-refractivity contribution in [2.24, 2.45) is 0 Å². The third kappa shape index (κ3) is 7.48. The molecule has 0 saturated heterocycles. The maximum atomic E-state index is 13.5. The molecule has 0 radical (unpaired) electrons. The van der Waals surface area contributed by atoms with Gasteiger partial charge in [0.2, 0.25) is 21.8 Å². The van der Waals surface area contributed by atoms with Crippen LogP contribution in [0.25, 0.3) is 0 Å². The fourth-order valence-corrected chi connectivity index (χ4v) is 4.24. The van der Waals surface area contributed by atoms with Crippen LogP contribution in [0.5, 0.6) is 5.75 Å². The Kier molecular flexibility index (Phi) is 8.72. The second-order valence-corrected chi connectivity index (χ2v) is 11.2. The van der Waals surface area contributed by atoms with E-state index in [4.69, 9.17) is 4.74 Å². The van der Waals surface area contributed by atoms with E-state index in [-0.39, 0.29) is 12.5 Å². The van der Waals surface area contributed by atoms with E-state index in [2.05, 4.69) is 5.32 Å². The Morgan fingerprint density at radius 2 is 1.65 bits per heavy atom. The Morgan fingerprint density at radius 3 is 2.15 bits per heavy atom. The SMILES string of the molecule is COc1ccc(N(CC(=O)N(Cc2ccccc2C)C(C)C(=O)NC(C)(C)C)S(C)(=O)=O)cc1. The first-order chi connectivity index (χ1) is 15.7. The van der Waals surface area contributed by atoms with Gasteiger partial charge in [-0.2, -0.15) is 0 Å². The van der Waals surface area contributed by atoms with Gasteiger partial charge in [0.05, 0.1) is 19.1 Å². The molecule has 1 atom stereocenters. The minimum Gasteiger partial charge on any atom is -0.497 e. The van der Waals surface area contributed by atoms with Crippen LogP contribution in [0, 0.1) is 6.92 Å². The summed E-state index contributed by atoms with van der Waals surface area (Å²) in [5.41, 5.74) is 1.70. The maximum absolute atomic E-state index is 13.5. The topological polar surface area (TPSA) is 96.0 Å². The molecule has 9 heteroatoms. The van der Waals surface area contributed by atoms with Crippen LogP contribution in [0.15, 0.2) is 48.5 Å². The molecule has 0 heterocycles. The van der Waals surface area contributed by atoms with Gasteiger partial charge in [0.25, 0.3) is 0 Å². The molecule has 34 heavy (non-hydrogen) atoms. The van der Waals surface area contributed by atoms with Crippen molar-refractivity contribution in [1.82, 2.24) is 10.2 Å². The van der Waals surface area contributed by atoms with Crippen molar-refractivity contribution in [1.29, 1.82) is 0 Å². The van der Waals surface area contributed by atoms with Crippen molar-refractivity contribution in [3.05, 3.63) is 59.7 Å². The lowest BCUT2D eigenvalue weighted by molar-refractivity contribution is -0.140.